The van der Waals surface area contributed by atoms with Crippen LogP contribution in [-0.4, -0.2) is 46.8 Å². The average Bonchev–Trinajstić information content (AvgIpc) is 3.33. The number of amides is 1. The molecule has 0 radical (unpaired) electrons. The molecular weight excluding hydrogens is 440 g/mol. The molecule has 1 amide bonds. The number of hydrogen-bond donors (Lipinski definition) is 2. The van der Waals surface area contributed by atoms with Crippen LogP contribution in [0.2, 0.25) is 0 Å². The molecular formula is C29H30N2O4. The summed E-state index contributed by atoms with van der Waals surface area (Å²) in [5, 5.41) is 12.6. The Kier molecular flexibility index (Phi) is 6.31. The number of nitrogens with zero attached hydrogens (tertiary/aromatic N) is 1. The Balaban J connectivity index is 1.29. The van der Waals surface area contributed by atoms with Gasteiger partial charge in [-0.25, -0.2) is 4.79 Å². The highest BCUT2D eigenvalue weighted by atomic mass is 16.5. The standard InChI is InChI=1S/C29H30N2O4/c1-20-29(17-27(32)33,15-16-31(20)18-21-9-3-2-4-10-21)30-28(34)35-19-26-24-13-7-5-11-22(24)23-12-6-8-14-25(23)26/h2-14,20,26H,15-19H2,1H3,(H,30,34)(H,32,33). The lowest BCUT2D eigenvalue weighted by atomic mass is 9.87. The topological polar surface area (TPSA) is 78.9 Å². The third-order valence-corrected chi connectivity index (χ3v) is 7.58. The SMILES string of the molecule is CC1N(Cc2ccccc2)CCC1(CC(=O)O)NC(=O)OCC1c2ccccc2-c2ccccc21. The summed E-state index contributed by atoms with van der Waals surface area (Å²) >= 11 is 0. The second-order valence-electron chi connectivity index (χ2n) is 9.56. The number of rotatable bonds is 7. The van der Waals surface area contributed by atoms with Crippen molar-refractivity contribution in [2.45, 2.75) is 43.8 Å². The van der Waals surface area contributed by atoms with Gasteiger partial charge in [0.15, 0.2) is 0 Å². The minimum Gasteiger partial charge on any atom is -0.481 e. The number of benzene rings is 3. The zero-order chi connectivity index (χ0) is 24.4. The van der Waals surface area contributed by atoms with Crippen molar-refractivity contribution in [3.63, 3.8) is 0 Å². The van der Waals surface area contributed by atoms with Gasteiger partial charge in [-0.15, -0.1) is 0 Å². The second kappa shape index (κ2) is 9.55. The fraction of sp³-hybridized carbons (Fsp3) is 0.310. The first-order valence-electron chi connectivity index (χ1n) is 12.1. The Bertz CT molecular complexity index is 1180. The average molecular weight is 471 g/mol. The van der Waals surface area contributed by atoms with Gasteiger partial charge in [-0.1, -0.05) is 78.9 Å². The summed E-state index contributed by atoms with van der Waals surface area (Å²) in [6.45, 7) is 3.59. The molecule has 5 rings (SSSR count). The van der Waals surface area contributed by atoms with Gasteiger partial charge in [0, 0.05) is 25.0 Å². The van der Waals surface area contributed by atoms with E-state index in [0.29, 0.717) is 19.5 Å². The van der Waals surface area contributed by atoms with Crippen LogP contribution in [-0.2, 0) is 16.1 Å². The molecule has 1 aliphatic carbocycles. The van der Waals surface area contributed by atoms with Crippen molar-refractivity contribution in [2.75, 3.05) is 13.2 Å². The van der Waals surface area contributed by atoms with Gasteiger partial charge in [-0.05, 0) is 41.2 Å². The van der Waals surface area contributed by atoms with Gasteiger partial charge in [-0.3, -0.25) is 9.69 Å². The minimum absolute atomic E-state index is 0.0424. The smallest absolute Gasteiger partial charge is 0.407 e. The normalized spacial score (nSPS) is 21.3. The van der Waals surface area contributed by atoms with Crippen LogP contribution in [0.1, 0.15) is 42.4 Å². The third kappa shape index (κ3) is 4.54. The van der Waals surface area contributed by atoms with E-state index in [2.05, 4.69) is 46.6 Å². The van der Waals surface area contributed by atoms with Crippen LogP contribution in [0.4, 0.5) is 4.79 Å². The van der Waals surface area contributed by atoms with Crippen molar-refractivity contribution in [1.82, 2.24) is 10.2 Å². The maximum Gasteiger partial charge on any atom is 0.407 e. The Morgan fingerprint density at radius 2 is 1.57 bits per heavy atom. The third-order valence-electron chi connectivity index (χ3n) is 7.58. The van der Waals surface area contributed by atoms with E-state index in [1.807, 2.05) is 49.4 Å². The Morgan fingerprint density at radius 1 is 0.971 bits per heavy atom. The van der Waals surface area contributed by atoms with Crippen molar-refractivity contribution in [2.24, 2.45) is 0 Å². The minimum atomic E-state index is -0.933. The van der Waals surface area contributed by atoms with Gasteiger partial charge in [-0.2, -0.15) is 0 Å². The number of carboxylic acid groups (broad SMARTS) is 1. The number of aliphatic carboxylic acids is 1. The lowest BCUT2D eigenvalue weighted by Crippen LogP contribution is -2.56. The summed E-state index contributed by atoms with van der Waals surface area (Å²) in [5.41, 5.74) is 4.89. The predicted octanol–water partition coefficient (Wildman–Crippen LogP) is 5.03. The molecule has 35 heavy (non-hydrogen) atoms. The molecule has 1 aliphatic heterocycles. The Morgan fingerprint density at radius 3 is 2.20 bits per heavy atom. The van der Waals surface area contributed by atoms with Crippen molar-refractivity contribution >= 4 is 12.1 Å². The molecule has 1 heterocycles. The Hall–Kier alpha value is -3.64. The molecule has 3 aromatic carbocycles. The number of nitrogens with one attached hydrogen (secondary N) is 1. The highest BCUT2D eigenvalue weighted by molar-refractivity contribution is 5.79. The molecule has 2 N–H and O–H groups in total. The lowest BCUT2D eigenvalue weighted by Gasteiger charge is -2.35. The molecule has 3 aromatic rings. The summed E-state index contributed by atoms with van der Waals surface area (Å²) < 4.78 is 5.75. The molecule has 180 valence electrons. The summed E-state index contributed by atoms with van der Waals surface area (Å²) in [4.78, 5) is 27.0. The first kappa shape index (κ1) is 23.1. The van der Waals surface area contributed by atoms with Crippen molar-refractivity contribution in [3.8, 4) is 11.1 Å². The zero-order valence-electron chi connectivity index (χ0n) is 19.8. The van der Waals surface area contributed by atoms with Crippen LogP contribution >= 0.6 is 0 Å². The summed E-state index contributed by atoms with van der Waals surface area (Å²) in [6.07, 6.45) is -0.164. The predicted molar refractivity (Wildman–Crippen MR) is 134 cm³/mol. The van der Waals surface area contributed by atoms with Crippen molar-refractivity contribution in [1.29, 1.82) is 0 Å². The molecule has 1 saturated heterocycles. The first-order valence-corrected chi connectivity index (χ1v) is 12.1. The number of hydrogen-bond acceptors (Lipinski definition) is 4. The highest BCUT2D eigenvalue weighted by Crippen LogP contribution is 2.44. The molecule has 2 unspecified atom stereocenters. The van der Waals surface area contributed by atoms with E-state index in [-0.39, 0.29) is 25.0 Å². The van der Waals surface area contributed by atoms with Crippen LogP contribution in [0.5, 0.6) is 0 Å². The molecule has 2 aliphatic rings. The molecule has 0 bridgehead atoms. The first-order chi connectivity index (χ1) is 17.0. The van der Waals surface area contributed by atoms with Gasteiger partial charge in [0.25, 0.3) is 0 Å². The molecule has 6 nitrogen and oxygen atoms in total. The van der Waals surface area contributed by atoms with Gasteiger partial charge < -0.3 is 15.2 Å². The number of carbonyl (C=O) groups is 2. The van der Waals surface area contributed by atoms with Gasteiger partial charge in [0.05, 0.1) is 12.0 Å². The van der Waals surface area contributed by atoms with E-state index < -0.39 is 17.6 Å². The second-order valence-corrected chi connectivity index (χ2v) is 9.56. The van der Waals surface area contributed by atoms with Crippen LogP contribution in [0.15, 0.2) is 78.9 Å². The molecule has 2 atom stereocenters. The van der Waals surface area contributed by atoms with Crippen LogP contribution in [0, 0.1) is 0 Å². The summed E-state index contributed by atoms with van der Waals surface area (Å²) in [5.74, 6) is -0.975. The highest BCUT2D eigenvalue weighted by Gasteiger charge is 2.47. The molecule has 0 saturated carbocycles. The largest absolute Gasteiger partial charge is 0.481 e. The summed E-state index contributed by atoms with van der Waals surface area (Å²) in [7, 11) is 0. The molecule has 0 spiro atoms. The monoisotopic (exact) mass is 470 g/mol. The number of likely N-dealkylation sites (tertiary alicyclic amines) is 1. The fourth-order valence-corrected chi connectivity index (χ4v) is 5.68. The van der Waals surface area contributed by atoms with Crippen molar-refractivity contribution < 1.29 is 19.4 Å². The van der Waals surface area contributed by atoms with Gasteiger partial charge in [0.2, 0.25) is 0 Å². The van der Waals surface area contributed by atoms with E-state index in [9.17, 15) is 14.7 Å². The number of carbonyl (C=O) groups excluding carboxylic acids is 1. The fourth-order valence-electron chi connectivity index (χ4n) is 5.68. The summed E-state index contributed by atoms with van der Waals surface area (Å²) in [6, 6.07) is 26.3. The van der Waals surface area contributed by atoms with Crippen molar-refractivity contribution in [3.05, 3.63) is 95.6 Å². The van der Waals surface area contributed by atoms with Crippen LogP contribution in [0.25, 0.3) is 11.1 Å². The number of ether oxygens (including phenoxy) is 1. The molecule has 6 heteroatoms. The number of fused-ring (bicyclic) bond motifs is 3. The quantitative estimate of drug-likeness (QED) is 0.506. The van der Waals surface area contributed by atoms with Crippen LogP contribution < -0.4 is 5.32 Å². The van der Waals surface area contributed by atoms with Gasteiger partial charge >= 0.3 is 12.1 Å². The van der Waals surface area contributed by atoms with Crippen LogP contribution in [0.3, 0.4) is 0 Å². The van der Waals surface area contributed by atoms with Gasteiger partial charge in [0.1, 0.15) is 6.61 Å². The maximum atomic E-state index is 13.0. The van der Waals surface area contributed by atoms with E-state index >= 15 is 0 Å². The number of carboxylic acids is 1. The number of alkyl carbamates (subject to hydrolysis) is 1. The molecule has 1 fully saturated rings. The van der Waals surface area contributed by atoms with E-state index in [1.54, 1.807) is 0 Å². The molecule has 0 aromatic heterocycles. The maximum absolute atomic E-state index is 13.0. The lowest BCUT2D eigenvalue weighted by molar-refractivity contribution is -0.138. The van der Waals surface area contributed by atoms with E-state index in [0.717, 1.165) is 16.7 Å². The Labute approximate surface area is 205 Å². The van der Waals surface area contributed by atoms with E-state index in [1.165, 1.54) is 11.1 Å². The zero-order valence-corrected chi connectivity index (χ0v) is 19.8. The van der Waals surface area contributed by atoms with E-state index in [4.69, 9.17) is 4.74 Å².